The zero-order valence-corrected chi connectivity index (χ0v) is 30.5. The van der Waals surface area contributed by atoms with E-state index < -0.39 is 40.0 Å². The lowest BCUT2D eigenvalue weighted by molar-refractivity contribution is -0.210. The van der Waals surface area contributed by atoms with Crippen LogP contribution in [-0.2, 0) is 15.8 Å². The highest BCUT2D eigenvalue weighted by atomic mass is 35.5. The quantitative estimate of drug-likeness (QED) is 0.145. The molecule has 0 saturated heterocycles. The molecule has 0 spiro atoms. The lowest BCUT2D eigenvalue weighted by atomic mass is 9.76. The highest BCUT2D eigenvalue weighted by molar-refractivity contribution is 6.34. The summed E-state index contributed by atoms with van der Waals surface area (Å²) < 4.78 is 66.3. The molecule has 3 aromatic carbocycles. The molecule has 0 saturated carbocycles. The molecule has 10 nitrogen and oxygen atoms in total. The number of aromatic nitrogens is 2. The first-order valence-corrected chi connectivity index (χ1v) is 16.9. The van der Waals surface area contributed by atoms with Gasteiger partial charge in [0.25, 0.3) is 11.9 Å². The fourth-order valence-corrected chi connectivity index (χ4v) is 6.64. The fraction of sp³-hybridized carbons (Fsp3) is 0.225. The van der Waals surface area contributed by atoms with Gasteiger partial charge in [0.1, 0.15) is 46.1 Å². The van der Waals surface area contributed by atoms with Crippen LogP contribution in [-0.4, -0.2) is 47.6 Å². The van der Waals surface area contributed by atoms with Gasteiger partial charge in [-0.25, -0.2) is 19.4 Å². The average Bonchev–Trinajstić information content (AvgIpc) is 3.17. The van der Waals surface area contributed by atoms with Crippen molar-refractivity contribution in [3.05, 3.63) is 148 Å². The van der Waals surface area contributed by atoms with E-state index in [4.69, 9.17) is 31.1 Å². The Morgan fingerprint density at radius 1 is 0.889 bits per heavy atom. The lowest BCUT2D eigenvalue weighted by Gasteiger charge is -2.48. The smallest absolute Gasteiger partial charge is 0.316 e. The fourth-order valence-electron chi connectivity index (χ4n) is 6.39. The molecule has 0 bridgehead atoms. The lowest BCUT2D eigenvalue weighted by Crippen LogP contribution is -2.64. The number of aliphatic imine (C=N–C) groups is 1. The number of nitriles is 1. The summed E-state index contributed by atoms with van der Waals surface area (Å²) in [6, 6.07) is 28.4. The Morgan fingerprint density at radius 3 is 2.00 bits per heavy atom. The molecule has 0 radical (unpaired) electrons. The van der Waals surface area contributed by atoms with Crippen LogP contribution in [0, 0.1) is 17.1 Å². The van der Waals surface area contributed by atoms with Crippen molar-refractivity contribution < 1.29 is 32.2 Å². The summed E-state index contributed by atoms with van der Waals surface area (Å²) in [7, 11) is 3.09. The third-order valence-corrected chi connectivity index (χ3v) is 9.61. The zero-order valence-electron chi connectivity index (χ0n) is 29.7. The van der Waals surface area contributed by atoms with Crippen LogP contribution in [0.15, 0.2) is 108 Å². The number of rotatable bonds is 9. The number of carbonyl (C=O) groups is 1. The average molecular weight is 755 g/mol. The number of anilines is 1. The van der Waals surface area contributed by atoms with Crippen molar-refractivity contribution in [2.24, 2.45) is 4.99 Å². The van der Waals surface area contributed by atoms with Gasteiger partial charge in [0, 0.05) is 6.20 Å². The van der Waals surface area contributed by atoms with Gasteiger partial charge in [0.2, 0.25) is 0 Å². The van der Waals surface area contributed by atoms with Crippen molar-refractivity contribution in [3.63, 3.8) is 0 Å². The van der Waals surface area contributed by atoms with Gasteiger partial charge >= 0.3 is 5.92 Å². The topological polar surface area (TPSA) is 131 Å². The summed E-state index contributed by atoms with van der Waals surface area (Å²) in [5, 5.41) is 14.8. The van der Waals surface area contributed by atoms with Crippen molar-refractivity contribution in [2.45, 2.75) is 43.4 Å². The molecular weight excluding hydrogens is 721 g/mol. The Hall–Kier alpha value is -6.13. The maximum atomic E-state index is 16.8. The van der Waals surface area contributed by atoms with E-state index in [0.29, 0.717) is 28.2 Å². The Morgan fingerprint density at radius 2 is 1.46 bits per heavy atom. The molecule has 1 atom stereocenters. The second-order valence-electron chi connectivity index (χ2n) is 13.0. The first kappa shape index (κ1) is 37.6. The van der Waals surface area contributed by atoms with Crippen LogP contribution < -0.4 is 20.1 Å². The van der Waals surface area contributed by atoms with E-state index in [1.807, 2.05) is 60.7 Å². The molecule has 3 heterocycles. The van der Waals surface area contributed by atoms with Crippen molar-refractivity contribution in [2.75, 3.05) is 19.5 Å². The second kappa shape index (κ2) is 14.4. The number of hydrogen-bond acceptors (Lipinski definition) is 9. The van der Waals surface area contributed by atoms with E-state index in [1.54, 1.807) is 38.5 Å². The molecule has 14 heteroatoms. The van der Waals surface area contributed by atoms with Crippen LogP contribution in [0.4, 0.5) is 19.0 Å². The molecular formula is C40H34ClF3N6O4. The molecule has 54 heavy (non-hydrogen) atoms. The van der Waals surface area contributed by atoms with E-state index in [0.717, 1.165) is 25.3 Å². The molecule has 0 aliphatic carbocycles. The standard InChI is InChI=1S/C40H34ClF3N6O4/c1-37(2)40(43,44)38(3,34-31(42)19-20-32(47-34)48-35(51)33-30(41)21-24(22-45)23-46-33)49-36(54-37)50-39(25-9-7-6-8-10-25,26-11-15-28(52-4)16-12-26)27-13-17-29(53-5)18-14-27/h6-21,23H,1-5H3,(H,49,50)(H,47,48,51)/t38-/m1/s1. The highest BCUT2D eigenvalue weighted by Crippen LogP contribution is 2.52. The van der Waals surface area contributed by atoms with Gasteiger partial charge in [0.15, 0.2) is 11.1 Å². The third-order valence-electron chi connectivity index (χ3n) is 9.33. The van der Waals surface area contributed by atoms with Gasteiger partial charge in [0.05, 0.1) is 24.8 Å². The number of nitrogens with zero attached hydrogens (tertiary/aromatic N) is 4. The maximum absolute atomic E-state index is 16.8. The van der Waals surface area contributed by atoms with Crippen molar-refractivity contribution in [3.8, 4) is 17.6 Å². The largest absolute Gasteiger partial charge is 0.497 e. The summed E-state index contributed by atoms with van der Waals surface area (Å²) in [5.74, 6) is -4.96. The van der Waals surface area contributed by atoms with E-state index >= 15 is 13.2 Å². The van der Waals surface area contributed by atoms with Gasteiger partial charge in [-0.15, -0.1) is 0 Å². The molecule has 1 aliphatic rings. The number of alkyl halides is 2. The molecule has 6 rings (SSSR count). The number of methoxy groups -OCH3 is 2. The van der Waals surface area contributed by atoms with Crippen molar-refractivity contribution in [1.29, 1.82) is 5.26 Å². The molecule has 2 aromatic heterocycles. The van der Waals surface area contributed by atoms with Crippen LogP contribution in [0.1, 0.15) is 59.2 Å². The van der Waals surface area contributed by atoms with Crippen LogP contribution in [0.3, 0.4) is 0 Å². The number of ether oxygens (including phenoxy) is 3. The zero-order chi connectivity index (χ0) is 38.9. The normalized spacial score (nSPS) is 17.3. The number of amidine groups is 1. The first-order valence-electron chi connectivity index (χ1n) is 16.5. The molecule has 1 amide bonds. The summed E-state index contributed by atoms with van der Waals surface area (Å²) in [4.78, 5) is 25.6. The summed E-state index contributed by atoms with van der Waals surface area (Å²) >= 11 is 6.17. The Bertz CT molecular complexity index is 2220. The Kier molecular flexibility index (Phi) is 10.0. The number of pyridine rings is 2. The minimum Gasteiger partial charge on any atom is -0.497 e. The number of halogens is 4. The predicted octanol–water partition coefficient (Wildman–Crippen LogP) is 8.01. The Labute approximate surface area is 314 Å². The molecule has 2 N–H and O–H groups in total. The van der Waals surface area contributed by atoms with Crippen LogP contribution >= 0.6 is 11.6 Å². The molecule has 0 fully saturated rings. The molecule has 5 aromatic rings. The minimum atomic E-state index is -3.88. The summed E-state index contributed by atoms with van der Waals surface area (Å²) in [6.07, 6.45) is 1.15. The van der Waals surface area contributed by atoms with Crippen LogP contribution in [0.5, 0.6) is 11.5 Å². The van der Waals surface area contributed by atoms with E-state index in [9.17, 15) is 4.79 Å². The summed E-state index contributed by atoms with van der Waals surface area (Å²) in [6.45, 7) is 3.41. The van der Waals surface area contributed by atoms with E-state index in [-0.39, 0.29) is 28.1 Å². The molecule has 0 unspecified atom stereocenters. The van der Waals surface area contributed by atoms with Crippen LogP contribution in [0.2, 0.25) is 5.02 Å². The van der Waals surface area contributed by atoms with Gasteiger partial charge in [-0.1, -0.05) is 66.2 Å². The SMILES string of the molecule is COc1ccc(C(NC2=N[C@](C)(c3nc(NC(=O)c4ncc(C#N)cc4Cl)ccc3F)C(F)(F)C(C)(C)O2)(c2ccccc2)c2ccc(OC)cc2)cc1. The second-order valence-corrected chi connectivity index (χ2v) is 13.4. The van der Waals surface area contributed by atoms with Gasteiger partial charge in [-0.05, 0) is 79.9 Å². The van der Waals surface area contributed by atoms with Gasteiger partial charge in [-0.3, -0.25) is 4.79 Å². The van der Waals surface area contributed by atoms with Gasteiger partial charge < -0.3 is 24.8 Å². The molecule has 276 valence electrons. The summed E-state index contributed by atoms with van der Waals surface area (Å²) in [5.41, 5.74) is -5.22. The minimum absolute atomic E-state index is 0.119. The molecule has 1 aliphatic heterocycles. The number of amides is 1. The Balaban J connectivity index is 1.52. The monoisotopic (exact) mass is 754 g/mol. The van der Waals surface area contributed by atoms with Gasteiger partial charge in [-0.2, -0.15) is 14.0 Å². The van der Waals surface area contributed by atoms with Crippen LogP contribution in [0.25, 0.3) is 0 Å². The predicted molar refractivity (Wildman–Crippen MR) is 196 cm³/mol. The maximum Gasteiger partial charge on any atom is 0.316 e. The number of benzene rings is 3. The van der Waals surface area contributed by atoms with Crippen molar-refractivity contribution >= 4 is 29.3 Å². The number of nitrogens with one attached hydrogen (secondary N) is 2. The number of carbonyl (C=O) groups excluding carboxylic acids is 1. The first-order chi connectivity index (χ1) is 25.7. The highest BCUT2D eigenvalue weighted by Gasteiger charge is 2.67. The number of hydrogen-bond donors (Lipinski definition) is 2. The van der Waals surface area contributed by atoms with Crippen molar-refractivity contribution in [1.82, 2.24) is 15.3 Å². The third kappa shape index (κ3) is 6.54. The van der Waals surface area contributed by atoms with E-state index in [1.165, 1.54) is 19.9 Å². The van der Waals surface area contributed by atoms with E-state index in [2.05, 4.69) is 25.6 Å².